The summed E-state index contributed by atoms with van der Waals surface area (Å²) in [6.45, 7) is 0.287. The molecular weight excluding hydrogens is 315 g/mol. The second-order valence-electron chi connectivity index (χ2n) is 3.30. The minimum Gasteiger partial charge on any atom is -0.375 e. The van der Waals surface area contributed by atoms with E-state index >= 15 is 0 Å². The highest BCUT2D eigenvalue weighted by Gasteiger charge is 2.11. The van der Waals surface area contributed by atoms with Gasteiger partial charge >= 0.3 is 0 Å². The van der Waals surface area contributed by atoms with Crippen molar-refractivity contribution >= 4 is 33.0 Å². The Labute approximate surface area is 108 Å². The van der Waals surface area contributed by atoms with Crippen molar-refractivity contribution in [2.45, 2.75) is 6.54 Å². The molecule has 0 saturated carbocycles. The maximum atomic E-state index is 13.3. The lowest BCUT2D eigenvalue weighted by Gasteiger charge is -2.07. The van der Waals surface area contributed by atoms with Gasteiger partial charge in [0.15, 0.2) is 11.6 Å². The Balaban J connectivity index is 2.14. The van der Waals surface area contributed by atoms with Crippen LogP contribution >= 0.6 is 27.3 Å². The number of hydrogen-bond donors (Lipinski definition) is 1. The molecule has 1 aromatic heterocycles. The monoisotopic (exact) mass is 321 g/mol. The Morgan fingerprint density at radius 3 is 2.29 bits per heavy atom. The first kappa shape index (κ1) is 12.4. The Bertz CT molecular complexity index is 518. The standard InChI is InChI=1S/C11H7BrF3NS/c12-10-2-1-7(17-10)5-16-11-8(14)3-6(13)4-9(11)15/h1-4,16H,5H2. The van der Waals surface area contributed by atoms with Crippen molar-refractivity contribution in [2.24, 2.45) is 0 Å². The zero-order valence-corrected chi connectivity index (χ0v) is 10.8. The molecule has 1 N–H and O–H groups in total. The predicted octanol–water partition coefficient (Wildman–Crippen LogP) is 4.54. The molecule has 1 aromatic carbocycles. The lowest BCUT2D eigenvalue weighted by Crippen LogP contribution is -2.03. The summed E-state index contributed by atoms with van der Waals surface area (Å²) in [6.07, 6.45) is 0. The molecule has 2 rings (SSSR count). The van der Waals surface area contributed by atoms with E-state index in [2.05, 4.69) is 21.2 Å². The van der Waals surface area contributed by atoms with Gasteiger partial charge in [0.25, 0.3) is 0 Å². The fourth-order valence-electron chi connectivity index (χ4n) is 1.33. The average molecular weight is 322 g/mol. The van der Waals surface area contributed by atoms with Gasteiger partial charge in [-0.1, -0.05) is 0 Å². The second kappa shape index (κ2) is 5.10. The first-order chi connectivity index (χ1) is 8.06. The molecule has 0 atom stereocenters. The van der Waals surface area contributed by atoms with Crippen LogP contribution in [0.2, 0.25) is 0 Å². The highest BCUT2D eigenvalue weighted by Crippen LogP contribution is 2.25. The van der Waals surface area contributed by atoms with Crippen molar-refractivity contribution in [1.82, 2.24) is 0 Å². The number of benzene rings is 1. The average Bonchev–Trinajstić information content (AvgIpc) is 2.62. The van der Waals surface area contributed by atoms with Crippen molar-refractivity contribution in [3.63, 3.8) is 0 Å². The first-order valence-electron chi connectivity index (χ1n) is 4.69. The molecule has 0 amide bonds. The number of anilines is 1. The third-order valence-electron chi connectivity index (χ3n) is 2.08. The molecule has 0 saturated heterocycles. The van der Waals surface area contributed by atoms with Gasteiger partial charge in [0.05, 0.1) is 3.79 Å². The van der Waals surface area contributed by atoms with Crippen molar-refractivity contribution in [3.8, 4) is 0 Å². The summed E-state index contributed by atoms with van der Waals surface area (Å²) in [4.78, 5) is 0.917. The minimum absolute atomic E-state index is 0.287. The van der Waals surface area contributed by atoms with Crippen LogP contribution in [0.1, 0.15) is 4.88 Å². The number of hydrogen-bond acceptors (Lipinski definition) is 2. The summed E-state index contributed by atoms with van der Waals surface area (Å²) in [5.74, 6) is -2.79. The number of halogens is 4. The van der Waals surface area contributed by atoms with Crippen LogP contribution in [-0.4, -0.2) is 0 Å². The van der Waals surface area contributed by atoms with Crippen LogP contribution in [0.5, 0.6) is 0 Å². The van der Waals surface area contributed by atoms with Gasteiger partial charge in [-0.3, -0.25) is 0 Å². The van der Waals surface area contributed by atoms with Gasteiger partial charge in [0.2, 0.25) is 0 Å². The molecule has 0 aliphatic rings. The fraction of sp³-hybridized carbons (Fsp3) is 0.0909. The molecule has 17 heavy (non-hydrogen) atoms. The van der Waals surface area contributed by atoms with Gasteiger partial charge in [-0.05, 0) is 28.1 Å². The molecule has 0 spiro atoms. The molecule has 0 radical (unpaired) electrons. The summed E-state index contributed by atoms with van der Waals surface area (Å²) >= 11 is 4.75. The van der Waals surface area contributed by atoms with Gasteiger partial charge in [0, 0.05) is 23.6 Å². The molecule has 0 unspecified atom stereocenters. The van der Waals surface area contributed by atoms with Crippen molar-refractivity contribution < 1.29 is 13.2 Å². The summed E-state index contributed by atoms with van der Waals surface area (Å²) in [5.41, 5.74) is -0.309. The molecule has 90 valence electrons. The highest BCUT2D eigenvalue weighted by molar-refractivity contribution is 9.11. The Hall–Kier alpha value is -1.01. The largest absolute Gasteiger partial charge is 0.375 e. The molecule has 1 nitrogen and oxygen atoms in total. The quantitative estimate of drug-likeness (QED) is 0.875. The molecule has 0 aliphatic carbocycles. The molecule has 1 heterocycles. The van der Waals surface area contributed by atoms with Crippen LogP contribution in [0.3, 0.4) is 0 Å². The normalized spacial score (nSPS) is 10.6. The Kier molecular flexibility index (Phi) is 3.73. The molecule has 2 aromatic rings. The van der Waals surface area contributed by atoms with Gasteiger partial charge in [-0.25, -0.2) is 13.2 Å². The van der Waals surface area contributed by atoms with Crippen LogP contribution in [0.15, 0.2) is 28.1 Å². The van der Waals surface area contributed by atoms with E-state index in [-0.39, 0.29) is 12.2 Å². The van der Waals surface area contributed by atoms with Crippen LogP contribution in [0, 0.1) is 17.5 Å². The first-order valence-corrected chi connectivity index (χ1v) is 6.30. The minimum atomic E-state index is -0.932. The van der Waals surface area contributed by atoms with Crippen LogP contribution in [-0.2, 0) is 6.54 Å². The van der Waals surface area contributed by atoms with Gasteiger partial charge in [-0.15, -0.1) is 11.3 Å². The third kappa shape index (κ3) is 3.01. The molecule has 6 heteroatoms. The van der Waals surface area contributed by atoms with Crippen molar-refractivity contribution in [3.05, 3.63) is 50.4 Å². The molecule has 0 aliphatic heterocycles. The maximum absolute atomic E-state index is 13.3. The van der Waals surface area contributed by atoms with Crippen LogP contribution in [0.4, 0.5) is 18.9 Å². The smallest absolute Gasteiger partial charge is 0.152 e. The van der Waals surface area contributed by atoms with E-state index in [1.807, 2.05) is 12.1 Å². The fourth-order valence-corrected chi connectivity index (χ4v) is 2.76. The van der Waals surface area contributed by atoms with E-state index < -0.39 is 17.5 Å². The van der Waals surface area contributed by atoms with E-state index in [0.717, 1.165) is 8.66 Å². The van der Waals surface area contributed by atoms with E-state index in [4.69, 9.17) is 0 Å². The molecule has 0 bridgehead atoms. The summed E-state index contributed by atoms with van der Waals surface area (Å²) in [6, 6.07) is 4.98. The van der Waals surface area contributed by atoms with Crippen molar-refractivity contribution in [2.75, 3.05) is 5.32 Å². The lowest BCUT2D eigenvalue weighted by atomic mass is 10.2. The Morgan fingerprint density at radius 1 is 1.12 bits per heavy atom. The van der Waals surface area contributed by atoms with Gasteiger partial charge in [0.1, 0.15) is 11.5 Å². The van der Waals surface area contributed by atoms with E-state index in [1.54, 1.807) is 0 Å². The number of rotatable bonds is 3. The summed E-state index contributed by atoms with van der Waals surface area (Å²) in [5, 5.41) is 2.61. The van der Waals surface area contributed by atoms with Crippen LogP contribution in [0.25, 0.3) is 0 Å². The summed E-state index contributed by atoms with van der Waals surface area (Å²) in [7, 11) is 0. The zero-order valence-electron chi connectivity index (χ0n) is 8.44. The van der Waals surface area contributed by atoms with Gasteiger partial charge in [-0.2, -0.15) is 0 Å². The number of nitrogens with one attached hydrogen (secondary N) is 1. The van der Waals surface area contributed by atoms with E-state index in [9.17, 15) is 13.2 Å². The second-order valence-corrected chi connectivity index (χ2v) is 5.85. The Morgan fingerprint density at radius 2 is 1.76 bits per heavy atom. The predicted molar refractivity (Wildman–Crippen MR) is 65.7 cm³/mol. The third-order valence-corrected chi connectivity index (χ3v) is 3.70. The van der Waals surface area contributed by atoms with E-state index in [0.29, 0.717) is 12.1 Å². The lowest BCUT2D eigenvalue weighted by molar-refractivity contribution is 0.547. The maximum Gasteiger partial charge on any atom is 0.152 e. The van der Waals surface area contributed by atoms with E-state index in [1.165, 1.54) is 11.3 Å². The van der Waals surface area contributed by atoms with Crippen LogP contribution < -0.4 is 5.32 Å². The topological polar surface area (TPSA) is 12.0 Å². The molecule has 0 fully saturated rings. The zero-order chi connectivity index (χ0) is 12.4. The summed E-state index contributed by atoms with van der Waals surface area (Å²) < 4.78 is 40.1. The SMILES string of the molecule is Fc1cc(F)c(NCc2ccc(Br)s2)c(F)c1. The van der Waals surface area contributed by atoms with Gasteiger partial charge < -0.3 is 5.32 Å². The van der Waals surface area contributed by atoms with Crippen molar-refractivity contribution in [1.29, 1.82) is 0 Å². The molecular formula is C11H7BrF3NS. The number of thiophene rings is 1. The highest BCUT2D eigenvalue weighted by atomic mass is 79.9.